The molecule has 0 aliphatic carbocycles. The van der Waals surface area contributed by atoms with E-state index in [2.05, 4.69) is 17.4 Å². The fourth-order valence-electron chi connectivity index (χ4n) is 2.06. The Morgan fingerprint density at radius 3 is 2.62 bits per heavy atom. The van der Waals surface area contributed by atoms with Crippen LogP contribution in [-0.4, -0.2) is 18.6 Å². The van der Waals surface area contributed by atoms with Crippen LogP contribution in [0.2, 0.25) is 0 Å². The van der Waals surface area contributed by atoms with Gasteiger partial charge in [0.25, 0.3) is 5.91 Å². The zero-order valence-corrected chi connectivity index (χ0v) is 12.5. The highest BCUT2D eigenvalue weighted by molar-refractivity contribution is 5.80. The maximum Gasteiger partial charge on any atom is 0.260 e. The number of carbonyl (C=O) groups is 1. The molecule has 0 saturated heterocycles. The van der Waals surface area contributed by atoms with Crippen LogP contribution in [0.3, 0.4) is 0 Å². The van der Waals surface area contributed by atoms with E-state index in [4.69, 9.17) is 4.74 Å². The summed E-state index contributed by atoms with van der Waals surface area (Å²) in [7, 11) is 0. The lowest BCUT2D eigenvalue weighted by molar-refractivity contribution is -0.127. The van der Waals surface area contributed by atoms with Gasteiger partial charge in [0, 0.05) is 6.54 Å². The van der Waals surface area contributed by atoms with Crippen molar-refractivity contribution in [2.24, 2.45) is 0 Å². The van der Waals surface area contributed by atoms with Crippen molar-refractivity contribution in [2.75, 3.05) is 6.54 Å². The van der Waals surface area contributed by atoms with Crippen molar-refractivity contribution in [1.29, 1.82) is 0 Å². The summed E-state index contributed by atoms with van der Waals surface area (Å²) < 4.78 is 5.65. The van der Waals surface area contributed by atoms with E-state index in [1.54, 1.807) is 6.92 Å². The largest absolute Gasteiger partial charge is 0.481 e. The van der Waals surface area contributed by atoms with E-state index in [9.17, 15) is 4.79 Å². The summed E-state index contributed by atoms with van der Waals surface area (Å²) in [4.78, 5) is 12.0. The highest BCUT2D eigenvalue weighted by Gasteiger charge is 2.13. The van der Waals surface area contributed by atoms with Crippen molar-refractivity contribution in [3.63, 3.8) is 0 Å². The van der Waals surface area contributed by atoms with Gasteiger partial charge in [0.2, 0.25) is 0 Å². The van der Waals surface area contributed by atoms with Crippen molar-refractivity contribution >= 4 is 5.91 Å². The average Bonchev–Trinajstić information content (AvgIpc) is 2.48. The van der Waals surface area contributed by atoms with Gasteiger partial charge in [-0.15, -0.1) is 0 Å². The third-order valence-corrected chi connectivity index (χ3v) is 3.23. The Kier molecular flexibility index (Phi) is 5.38. The second-order valence-corrected chi connectivity index (χ2v) is 5.10. The van der Waals surface area contributed by atoms with Gasteiger partial charge < -0.3 is 10.1 Å². The van der Waals surface area contributed by atoms with Crippen LogP contribution < -0.4 is 10.1 Å². The van der Waals surface area contributed by atoms with Gasteiger partial charge in [0.05, 0.1) is 0 Å². The molecule has 1 amide bonds. The van der Waals surface area contributed by atoms with Crippen LogP contribution in [-0.2, 0) is 11.2 Å². The molecule has 1 N–H and O–H groups in total. The minimum absolute atomic E-state index is 0.0903. The zero-order valence-electron chi connectivity index (χ0n) is 12.5. The molecule has 21 heavy (non-hydrogen) atoms. The SMILES string of the molecule is Cc1cccc(O[C@@H](C)C(=O)NCCc2ccccc2)c1. The topological polar surface area (TPSA) is 38.3 Å². The monoisotopic (exact) mass is 283 g/mol. The molecule has 0 unspecified atom stereocenters. The van der Waals surface area contributed by atoms with Crippen molar-refractivity contribution < 1.29 is 9.53 Å². The van der Waals surface area contributed by atoms with Crippen LogP contribution in [0, 0.1) is 6.92 Å². The maximum absolute atomic E-state index is 12.0. The number of benzene rings is 2. The van der Waals surface area contributed by atoms with Gasteiger partial charge in [-0.25, -0.2) is 0 Å². The van der Waals surface area contributed by atoms with E-state index in [0.717, 1.165) is 17.7 Å². The van der Waals surface area contributed by atoms with E-state index in [-0.39, 0.29) is 5.91 Å². The van der Waals surface area contributed by atoms with Crippen LogP contribution >= 0.6 is 0 Å². The first kappa shape index (κ1) is 15.1. The molecule has 0 saturated carbocycles. The third kappa shape index (κ3) is 4.95. The third-order valence-electron chi connectivity index (χ3n) is 3.23. The predicted octanol–water partition coefficient (Wildman–Crippen LogP) is 3.12. The highest BCUT2D eigenvalue weighted by atomic mass is 16.5. The minimum atomic E-state index is -0.498. The van der Waals surface area contributed by atoms with Crippen LogP contribution in [0.5, 0.6) is 5.75 Å². The first-order chi connectivity index (χ1) is 10.1. The van der Waals surface area contributed by atoms with Gasteiger partial charge in [-0.3, -0.25) is 4.79 Å². The quantitative estimate of drug-likeness (QED) is 0.884. The van der Waals surface area contributed by atoms with Gasteiger partial charge in [-0.05, 0) is 43.5 Å². The van der Waals surface area contributed by atoms with Crippen molar-refractivity contribution in [1.82, 2.24) is 5.32 Å². The first-order valence-corrected chi connectivity index (χ1v) is 7.20. The molecule has 1 atom stereocenters. The van der Waals surface area contributed by atoms with E-state index in [1.165, 1.54) is 5.56 Å². The highest BCUT2D eigenvalue weighted by Crippen LogP contribution is 2.14. The summed E-state index contributed by atoms with van der Waals surface area (Å²) >= 11 is 0. The molecule has 0 aliphatic heterocycles. The normalized spacial score (nSPS) is 11.7. The summed E-state index contributed by atoms with van der Waals surface area (Å²) in [5, 5.41) is 2.90. The van der Waals surface area contributed by atoms with Crippen LogP contribution in [0.25, 0.3) is 0 Å². The Morgan fingerprint density at radius 1 is 1.14 bits per heavy atom. The molecule has 0 aliphatic rings. The van der Waals surface area contributed by atoms with Gasteiger partial charge in [0.15, 0.2) is 6.10 Å². The van der Waals surface area contributed by atoms with Crippen LogP contribution in [0.1, 0.15) is 18.1 Å². The number of rotatable bonds is 6. The zero-order chi connectivity index (χ0) is 15.1. The van der Waals surface area contributed by atoms with Crippen LogP contribution in [0.4, 0.5) is 0 Å². The average molecular weight is 283 g/mol. The molecular weight excluding hydrogens is 262 g/mol. The number of hydrogen-bond acceptors (Lipinski definition) is 2. The van der Waals surface area contributed by atoms with Gasteiger partial charge in [-0.1, -0.05) is 42.5 Å². The Bertz CT molecular complexity index is 581. The Balaban J connectivity index is 1.77. The minimum Gasteiger partial charge on any atom is -0.481 e. The molecule has 3 heteroatoms. The molecule has 0 radical (unpaired) electrons. The number of carbonyl (C=O) groups excluding carboxylic acids is 1. The number of hydrogen-bond donors (Lipinski definition) is 1. The summed E-state index contributed by atoms with van der Waals surface area (Å²) in [5.41, 5.74) is 2.33. The lowest BCUT2D eigenvalue weighted by Crippen LogP contribution is -2.37. The lowest BCUT2D eigenvalue weighted by atomic mass is 10.1. The van der Waals surface area contributed by atoms with Gasteiger partial charge >= 0.3 is 0 Å². The number of aryl methyl sites for hydroxylation is 1. The molecule has 0 bridgehead atoms. The van der Waals surface area contributed by atoms with E-state index in [0.29, 0.717) is 6.54 Å². The molecule has 0 fully saturated rings. The van der Waals surface area contributed by atoms with Crippen molar-refractivity contribution in [2.45, 2.75) is 26.4 Å². The number of ether oxygens (including phenoxy) is 1. The fourth-order valence-corrected chi connectivity index (χ4v) is 2.06. The smallest absolute Gasteiger partial charge is 0.260 e. The summed E-state index contributed by atoms with van der Waals surface area (Å²) in [6, 6.07) is 17.8. The molecule has 2 aromatic carbocycles. The second-order valence-electron chi connectivity index (χ2n) is 5.10. The number of nitrogens with one attached hydrogen (secondary N) is 1. The standard InChI is InChI=1S/C18H21NO2/c1-14-7-6-10-17(13-14)21-15(2)18(20)19-12-11-16-8-4-3-5-9-16/h3-10,13,15H,11-12H2,1-2H3,(H,19,20)/t15-/m0/s1. The molecule has 3 nitrogen and oxygen atoms in total. The molecule has 0 spiro atoms. The summed E-state index contributed by atoms with van der Waals surface area (Å²) in [6.07, 6.45) is 0.326. The fraction of sp³-hybridized carbons (Fsp3) is 0.278. The molecule has 2 aromatic rings. The predicted molar refractivity (Wildman–Crippen MR) is 84.4 cm³/mol. The molecule has 2 rings (SSSR count). The lowest BCUT2D eigenvalue weighted by Gasteiger charge is -2.15. The summed E-state index contributed by atoms with van der Waals surface area (Å²) in [6.45, 7) is 4.38. The van der Waals surface area contributed by atoms with E-state index in [1.807, 2.05) is 49.4 Å². The molecule has 110 valence electrons. The van der Waals surface area contributed by atoms with Crippen LogP contribution in [0.15, 0.2) is 54.6 Å². The van der Waals surface area contributed by atoms with E-state index >= 15 is 0 Å². The maximum atomic E-state index is 12.0. The van der Waals surface area contributed by atoms with Crippen molar-refractivity contribution in [3.8, 4) is 5.75 Å². The molecule has 0 heterocycles. The number of amides is 1. The Labute approximate surface area is 126 Å². The molecule has 0 aromatic heterocycles. The first-order valence-electron chi connectivity index (χ1n) is 7.20. The summed E-state index contributed by atoms with van der Waals surface area (Å²) in [5.74, 6) is 0.633. The van der Waals surface area contributed by atoms with E-state index < -0.39 is 6.10 Å². The molecular formula is C18H21NO2. The Morgan fingerprint density at radius 2 is 1.90 bits per heavy atom. The van der Waals surface area contributed by atoms with Gasteiger partial charge in [-0.2, -0.15) is 0 Å². The second kappa shape index (κ2) is 7.48. The van der Waals surface area contributed by atoms with Gasteiger partial charge in [0.1, 0.15) is 5.75 Å². The van der Waals surface area contributed by atoms with Crippen molar-refractivity contribution in [3.05, 3.63) is 65.7 Å². The Hall–Kier alpha value is -2.29.